The third kappa shape index (κ3) is 4.48. The van der Waals surface area contributed by atoms with Gasteiger partial charge in [-0.05, 0) is 36.4 Å². The number of methoxy groups -OCH3 is 1. The summed E-state index contributed by atoms with van der Waals surface area (Å²) in [5.41, 5.74) is 0.652. The number of carbonyl (C=O) groups excluding carboxylic acids is 1. The first-order valence-electron chi connectivity index (χ1n) is 7.38. The smallest absolute Gasteiger partial charge is 0.338 e. The predicted molar refractivity (Wildman–Crippen MR) is 99.4 cm³/mol. The summed E-state index contributed by atoms with van der Waals surface area (Å²) in [5, 5.41) is 0.495. The Balaban J connectivity index is 2.25. The molecule has 0 aromatic heterocycles. The molecule has 0 aliphatic rings. The van der Waals surface area contributed by atoms with Gasteiger partial charge in [-0.1, -0.05) is 23.2 Å². The third-order valence-corrected chi connectivity index (χ3v) is 6.06. The van der Waals surface area contributed by atoms with Crippen LogP contribution in [0.15, 0.2) is 41.3 Å². The normalized spacial score (nSPS) is 11.5. The van der Waals surface area contributed by atoms with E-state index in [1.165, 1.54) is 39.4 Å². The molecule has 0 heterocycles. The SMILES string of the molecule is COc1ccc(Cl)cc1COC(=O)c1ccc(Cl)c(S(=O)(=O)N(C)C)c1. The zero-order valence-electron chi connectivity index (χ0n) is 14.3. The number of carbonyl (C=O) groups is 1. The van der Waals surface area contributed by atoms with Gasteiger partial charge in [0.1, 0.15) is 17.3 Å². The molecule has 2 aromatic carbocycles. The Morgan fingerprint density at radius 2 is 1.81 bits per heavy atom. The van der Waals surface area contributed by atoms with Crippen molar-refractivity contribution in [1.29, 1.82) is 0 Å². The number of halogens is 2. The van der Waals surface area contributed by atoms with E-state index in [0.29, 0.717) is 16.3 Å². The fraction of sp³-hybridized carbons (Fsp3) is 0.235. The molecule has 0 fully saturated rings. The lowest BCUT2D eigenvalue weighted by atomic mass is 10.2. The van der Waals surface area contributed by atoms with Gasteiger partial charge in [-0.3, -0.25) is 0 Å². The Hall–Kier alpha value is -1.80. The van der Waals surface area contributed by atoms with Crippen LogP contribution in [0, 0.1) is 0 Å². The molecular weight excluding hydrogens is 401 g/mol. The number of rotatable bonds is 6. The van der Waals surface area contributed by atoms with Crippen LogP contribution in [0.5, 0.6) is 5.75 Å². The summed E-state index contributed by atoms with van der Waals surface area (Å²) < 4.78 is 36.0. The molecule has 0 saturated carbocycles. The Kier molecular flexibility index (Phi) is 6.52. The molecule has 0 aliphatic carbocycles. The summed E-state index contributed by atoms with van der Waals surface area (Å²) >= 11 is 11.9. The van der Waals surface area contributed by atoms with Crippen LogP contribution >= 0.6 is 23.2 Å². The quantitative estimate of drug-likeness (QED) is 0.671. The third-order valence-electron chi connectivity index (χ3n) is 3.53. The first-order chi connectivity index (χ1) is 12.2. The molecule has 140 valence electrons. The van der Waals surface area contributed by atoms with Crippen molar-refractivity contribution in [2.75, 3.05) is 21.2 Å². The van der Waals surface area contributed by atoms with Gasteiger partial charge in [0.25, 0.3) is 0 Å². The summed E-state index contributed by atoms with van der Waals surface area (Å²) in [5.74, 6) is -0.173. The van der Waals surface area contributed by atoms with E-state index in [0.717, 1.165) is 4.31 Å². The average molecular weight is 418 g/mol. The van der Waals surface area contributed by atoms with Crippen LogP contribution in [0.4, 0.5) is 0 Å². The van der Waals surface area contributed by atoms with Crippen LogP contribution < -0.4 is 4.74 Å². The highest BCUT2D eigenvalue weighted by atomic mass is 35.5. The number of hydrogen-bond donors (Lipinski definition) is 0. The van der Waals surface area contributed by atoms with Gasteiger partial charge in [-0.2, -0.15) is 0 Å². The number of nitrogens with zero attached hydrogens (tertiary/aromatic N) is 1. The highest BCUT2D eigenvalue weighted by Gasteiger charge is 2.23. The molecule has 0 radical (unpaired) electrons. The van der Waals surface area contributed by atoms with Crippen LogP contribution in [0.1, 0.15) is 15.9 Å². The van der Waals surface area contributed by atoms with Crippen LogP contribution in [0.2, 0.25) is 10.0 Å². The summed E-state index contributed by atoms with van der Waals surface area (Å²) in [6, 6.07) is 8.87. The monoisotopic (exact) mass is 417 g/mol. The lowest BCUT2D eigenvalue weighted by Gasteiger charge is -2.14. The van der Waals surface area contributed by atoms with Crippen LogP contribution in [0.3, 0.4) is 0 Å². The fourth-order valence-electron chi connectivity index (χ4n) is 2.11. The van der Waals surface area contributed by atoms with Crippen molar-refractivity contribution in [1.82, 2.24) is 4.31 Å². The second kappa shape index (κ2) is 8.26. The Morgan fingerprint density at radius 1 is 1.12 bits per heavy atom. The van der Waals surface area contributed by atoms with Crippen LogP contribution in [-0.4, -0.2) is 39.9 Å². The van der Waals surface area contributed by atoms with Gasteiger partial charge in [0.2, 0.25) is 10.0 Å². The van der Waals surface area contributed by atoms with Crippen molar-refractivity contribution < 1.29 is 22.7 Å². The second-order valence-electron chi connectivity index (χ2n) is 5.46. The zero-order chi connectivity index (χ0) is 19.5. The number of sulfonamides is 1. The molecule has 0 amide bonds. The van der Waals surface area contributed by atoms with E-state index in [9.17, 15) is 13.2 Å². The van der Waals surface area contributed by atoms with Gasteiger partial charge in [0.05, 0.1) is 17.7 Å². The number of benzene rings is 2. The van der Waals surface area contributed by atoms with E-state index in [4.69, 9.17) is 32.7 Å². The van der Waals surface area contributed by atoms with Crippen molar-refractivity contribution in [3.63, 3.8) is 0 Å². The van der Waals surface area contributed by atoms with Crippen molar-refractivity contribution in [2.24, 2.45) is 0 Å². The van der Waals surface area contributed by atoms with E-state index in [1.807, 2.05) is 0 Å². The van der Waals surface area contributed by atoms with E-state index >= 15 is 0 Å². The Labute approximate surface area is 162 Å². The molecule has 2 rings (SSSR count). The van der Waals surface area contributed by atoms with E-state index < -0.39 is 16.0 Å². The van der Waals surface area contributed by atoms with Gasteiger partial charge in [-0.25, -0.2) is 17.5 Å². The lowest BCUT2D eigenvalue weighted by Crippen LogP contribution is -2.23. The number of ether oxygens (including phenoxy) is 2. The molecule has 0 N–H and O–H groups in total. The van der Waals surface area contributed by atoms with Crippen molar-refractivity contribution in [3.8, 4) is 5.75 Å². The summed E-state index contributed by atoms with van der Waals surface area (Å²) in [6.07, 6.45) is 0. The molecular formula is C17H17Cl2NO5S. The first-order valence-corrected chi connectivity index (χ1v) is 9.58. The van der Waals surface area contributed by atoms with Crippen LogP contribution in [-0.2, 0) is 21.4 Å². The lowest BCUT2D eigenvalue weighted by molar-refractivity contribution is 0.0470. The molecule has 0 aliphatic heterocycles. The highest BCUT2D eigenvalue weighted by Crippen LogP contribution is 2.26. The Bertz CT molecular complexity index is 929. The maximum absolute atomic E-state index is 12.3. The molecule has 0 unspecified atom stereocenters. The Morgan fingerprint density at radius 3 is 2.42 bits per heavy atom. The van der Waals surface area contributed by atoms with Crippen molar-refractivity contribution in [2.45, 2.75) is 11.5 Å². The van der Waals surface area contributed by atoms with E-state index in [-0.39, 0.29) is 22.1 Å². The average Bonchev–Trinajstić information content (AvgIpc) is 2.59. The molecule has 0 spiro atoms. The van der Waals surface area contributed by atoms with Crippen molar-refractivity contribution >= 4 is 39.2 Å². The van der Waals surface area contributed by atoms with Crippen LogP contribution in [0.25, 0.3) is 0 Å². The molecule has 26 heavy (non-hydrogen) atoms. The second-order valence-corrected chi connectivity index (χ2v) is 8.43. The summed E-state index contributed by atoms with van der Waals surface area (Å²) in [7, 11) is 0.456. The topological polar surface area (TPSA) is 72.9 Å². The van der Waals surface area contributed by atoms with Crippen molar-refractivity contribution in [3.05, 3.63) is 57.6 Å². The summed E-state index contributed by atoms with van der Waals surface area (Å²) in [6.45, 7) is -0.0824. The van der Waals surface area contributed by atoms with Gasteiger partial charge in [0.15, 0.2) is 0 Å². The zero-order valence-corrected chi connectivity index (χ0v) is 16.7. The minimum Gasteiger partial charge on any atom is -0.496 e. The molecule has 2 aromatic rings. The van der Waals surface area contributed by atoms with Gasteiger partial charge >= 0.3 is 5.97 Å². The maximum atomic E-state index is 12.3. The fourth-order valence-corrected chi connectivity index (χ4v) is 3.70. The highest BCUT2D eigenvalue weighted by molar-refractivity contribution is 7.89. The van der Waals surface area contributed by atoms with E-state index in [1.54, 1.807) is 18.2 Å². The maximum Gasteiger partial charge on any atom is 0.338 e. The molecule has 9 heteroatoms. The van der Waals surface area contributed by atoms with Gasteiger partial charge in [0, 0.05) is 24.7 Å². The largest absolute Gasteiger partial charge is 0.496 e. The first kappa shape index (κ1) is 20.5. The molecule has 0 atom stereocenters. The summed E-state index contributed by atoms with van der Waals surface area (Å²) in [4.78, 5) is 12.1. The van der Waals surface area contributed by atoms with Gasteiger partial charge < -0.3 is 9.47 Å². The standard InChI is InChI=1S/C17H17Cl2NO5S/c1-20(2)26(22,23)16-9-11(4-6-14(16)19)17(21)25-10-12-8-13(18)5-7-15(12)24-3/h4-9H,10H2,1-3H3. The predicted octanol–water partition coefficient (Wildman–Crippen LogP) is 3.61. The minimum absolute atomic E-state index is 0.0201. The minimum atomic E-state index is -3.79. The van der Waals surface area contributed by atoms with Gasteiger partial charge in [-0.15, -0.1) is 0 Å². The molecule has 0 bridgehead atoms. The molecule has 6 nitrogen and oxygen atoms in total. The molecule has 0 saturated heterocycles. The van der Waals surface area contributed by atoms with E-state index in [2.05, 4.69) is 0 Å². The number of esters is 1. The number of hydrogen-bond acceptors (Lipinski definition) is 5.